The van der Waals surface area contributed by atoms with Crippen LogP contribution in [-0.4, -0.2) is 40.2 Å². The monoisotopic (exact) mass is 588 g/mol. The van der Waals surface area contributed by atoms with E-state index in [0.717, 1.165) is 32.8 Å². The molecule has 0 spiro atoms. The van der Waals surface area contributed by atoms with Crippen molar-refractivity contribution in [3.8, 4) is 16.9 Å². The van der Waals surface area contributed by atoms with Gasteiger partial charge < -0.3 is 19.9 Å². The summed E-state index contributed by atoms with van der Waals surface area (Å²) in [4.78, 5) is 9.12. The molecule has 41 heavy (non-hydrogen) atoms. The number of nitrogens with one attached hydrogen (secondary N) is 2. The van der Waals surface area contributed by atoms with Crippen molar-refractivity contribution in [1.82, 2.24) is 19.7 Å². The predicted octanol–water partition coefficient (Wildman–Crippen LogP) is 7.73. The van der Waals surface area contributed by atoms with Gasteiger partial charge in [0.05, 0.1) is 30.9 Å². The van der Waals surface area contributed by atoms with Gasteiger partial charge in [0.25, 0.3) is 0 Å². The summed E-state index contributed by atoms with van der Waals surface area (Å²) in [5.41, 5.74) is 4.40. The third-order valence-electron chi connectivity index (χ3n) is 6.85. The van der Waals surface area contributed by atoms with Crippen LogP contribution in [-0.2, 0) is 17.0 Å². The van der Waals surface area contributed by atoms with Crippen LogP contribution >= 0.6 is 18.7 Å². The summed E-state index contributed by atoms with van der Waals surface area (Å²) in [5, 5.41) is 14.1. The van der Waals surface area contributed by atoms with Crippen LogP contribution in [0.15, 0.2) is 67.1 Å². The maximum atomic E-state index is 13.4. The van der Waals surface area contributed by atoms with Gasteiger partial charge in [0.2, 0.25) is 5.95 Å². The second-order valence-electron chi connectivity index (χ2n) is 11.4. The Morgan fingerprint density at radius 3 is 2.41 bits per heavy atom. The molecule has 0 aliphatic heterocycles. The normalized spacial score (nSPS) is 12.0. The van der Waals surface area contributed by atoms with E-state index in [1.165, 1.54) is 6.20 Å². The largest absolute Gasteiger partial charge is 0.495 e. The highest BCUT2D eigenvalue weighted by Crippen LogP contribution is 2.43. The van der Waals surface area contributed by atoms with E-state index in [4.69, 9.17) is 21.3 Å². The number of hydrogen-bond acceptors (Lipinski definition) is 7. The molecule has 0 bridgehead atoms. The van der Waals surface area contributed by atoms with Crippen LogP contribution in [0.4, 0.5) is 23.1 Å². The van der Waals surface area contributed by atoms with E-state index >= 15 is 0 Å². The highest BCUT2D eigenvalue weighted by molar-refractivity contribution is 7.71. The van der Waals surface area contributed by atoms with Crippen LogP contribution in [0.3, 0.4) is 0 Å². The molecule has 2 N–H and O–H groups in total. The first-order valence-electron chi connectivity index (χ1n) is 13.2. The number of aromatic nitrogens is 4. The Bertz CT molecular complexity index is 1800. The van der Waals surface area contributed by atoms with Crippen molar-refractivity contribution in [3.63, 3.8) is 0 Å². The van der Waals surface area contributed by atoms with Crippen LogP contribution in [0.1, 0.15) is 26.3 Å². The zero-order valence-electron chi connectivity index (χ0n) is 24.3. The molecular weight excluding hydrogens is 555 g/mol. The van der Waals surface area contributed by atoms with Gasteiger partial charge in [0.15, 0.2) is 5.82 Å². The number of methoxy groups -OCH3 is 1. The number of rotatable bonds is 7. The van der Waals surface area contributed by atoms with E-state index in [1.54, 1.807) is 25.1 Å². The van der Waals surface area contributed by atoms with Gasteiger partial charge in [-0.3, -0.25) is 4.68 Å². The van der Waals surface area contributed by atoms with Gasteiger partial charge in [-0.05, 0) is 58.8 Å². The molecule has 0 aliphatic carbocycles. The van der Waals surface area contributed by atoms with Crippen molar-refractivity contribution >= 4 is 58.0 Å². The van der Waals surface area contributed by atoms with Gasteiger partial charge in [0.1, 0.15) is 17.9 Å². The lowest BCUT2D eigenvalue weighted by molar-refractivity contribution is 0.415. The molecule has 0 radical (unpaired) electrons. The molecule has 0 atom stereocenters. The number of anilines is 4. The van der Waals surface area contributed by atoms with Crippen molar-refractivity contribution in [2.24, 2.45) is 7.05 Å². The maximum Gasteiger partial charge on any atom is 0.229 e. The van der Waals surface area contributed by atoms with E-state index < -0.39 is 7.14 Å². The quantitative estimate of drug-likeness (QED) is 0.188. The molecule has 2 aromatic heterocycles. The number of hydrogen-bond donors (Lipinski definition) is 2. The van der Waals surface area contributed by atoms with E-state index in [-0.39, 0.29) is 5.41 Å². The first-order valence-corrected chi connectivity index (χ1v) is 16.2. The minimum atomic E-state index is -2.67. The average molecular weight is 589 g/mol. The standard InChI is InChI=1S/C31H34ClN6O2P/c1-31(2,3)23-15-27(40-5)26(14-22(23)20-16-34-38(4)18-20)36-30-33-17-24(32)29(37-30)35-25-13-12-19-10-8-9-11-21(19)28(25)41(6,7)39/h8-18H,1-7H3,(H2,33,35,36,37). The number of nitrogens with zero attached hydrogens (tertiary/aromatic N) is 4. The van der Waals surface area contributed by atoms with Crippen molar-refractivity contribution in [3.05, 3.63) is 77.7 Å². The van der Waals surface area contributed by atoms with Crippen LogP contribution in [0.2, 0.25) is 5.02 Å². The number of halogens is 1. The molecule has 8 nitrogen and oxygen atoms in total. The zero-order chi connectivity index (χ0) is 29.5. The molecule has 5 rings (SSSR count). The molecule has 0 saturated heterocycles. The van der Waals surface area contributed by atoms with Crippen LogP contribution in [0.25, 0.3) is 21.9 Å². The average Bonchev–Trinajstić information content (AvgIpc) is 3.35. The Balaban J connectivity index is 1.56. The molecule has 5 aromatic rings. The summed E-state index contributed by atoms with van der Waals surface area (Å²) in [6.07, 6.45) is 5.38. The zero-order valence-corrected chi connectivity index (χ0v) is 25.9. The highest BCUT2D eigenvalue weighted by Gasteiger charge is 2.24. The van der Waals surface area contributed by atoms with Gasteiger partial charge in [0, 0.05) is 24.1 Å². The third kappa shape index (κ3) is 5.95. The molecule has 0 aliphatic rings. The van der Waals surface area contributed by atoms with Crippen LogP contribution in [0, 0.1) is 0 Å². The minimum absolute atomic E-state index is 0.138. The second-order valence-corrected chi connectivity index (χ2v) is 15.0. The first-order chi connectivity index (χ1) is 19.3. The summed E-state index contributed by atoms with van der Waals surface area (Å²) in [7, 11) is 0.869. The Hall–Kier alpha value is -3.87. The van der Waals surface area contributed by atoms with Crippen LogP contribution < -0.4 is 20.7 Å². The molecule has 0 fully saturated rings. The van der Waals surface area contributed by atoms with E-state index in [0.29, 0.717) is 33.9 Å². The van der Waals surface area contributed by atoms with E-state index in [1.807, 2.05) is 68.0 Å². The molecule has 0 saturated carbocycles. The fourth-order valence-electron chi connectivity index (χ4n) is 4.97. The van der Waals surface area contributed by atoms with Crippen molar-refractivity contribution < 1.29 is 9.30 Å². The molecule has 10 heteroatoms. The van der Waals surface area contributed by atoms with Gasteiger partial charge in [-0.25, -0.2) is 4.98 Å². The third-order valence-corrected chi connectivity index (χ3v) is 8.68. The summed E-state index contributed by atoms with van der Waals surface area (Å²) in [6.45, 7) is 10.0. The SMILES string of the molecule is COc1cc(C(C)(C)C)c(-c2cnn(C)c2)cc1Nc1ncc(Cl)c(Nc2ccc3ccccc3c2P(C)(C)=O)n1. The molecule has 212 valence electrons. The van der Waals surface area contributed by atoms with Gasteiger partial charge in [-0.2, -0.15) is 10.1 Å². The maximum absolute atomic E-state index is 13.4. The van der Waals surface area contributed by atoms with Gasteiger partial charge >= 0.3 is 0 Å². The van der Waals surface area contributed by atoms with Crippen molar-refractivity contribution in [2.75, 3.05) is 31.1 Å². The molecule has 2 heterocycles. The molecule has 3 aromatic carbocycles. The summed E-state index contributed by atoms with van der Waals surface area (Å²) >= 11 is 6.55. The lowest BCUT2D eigenvalue weighted by atomic mass is 9.82. The second kappa shape index (κ2) is 10.8. The molecule has 0 unspecified atom stereocenters. The van der Waals surface area contributed by atoms with Gasteiger partial charge in [-0.15, -0.1) is 0 Å². The van der Waals surface area contributed by atoms with E-state index in [2.05, 4.69) is 41.5 Å². The Morgan fingerprint density at radius 2 is 1.76 bits per heavy atom. The Morgan fingerprint density at radius 1 is 1.00 bits per heavy atom. The summed E-state index contributed by atoms with van der Waals surface area (Å²) < 4.78 is 21.0. The summed E-state index contributed by atoms with van der Waals surface area (Å²) in [6, 6.07) is 15.9. The first kappa shape index (κ1) is 28.7. The van der Waals surface area contributed by atoms with Gasteiger partial charge in [-0.1, -0.05) is 62.7 Å². The number of ether oxygens (including phenoxy) is 1. The topological polar surface area (TPSA) is 94.0 Å². The minimum Gasteiger partial charge on any atom is -0.495 e. The van der Waals surface area contributed by atoms with Crippen molar-refractivity contribution in [2.45, 2.75) is 26.2 Å². The number of fused-ring (bicyclic) bond motifs is 1. The smallest absolute Gasteiger partial charge is 0.229 e. The predicted molar refractivity (Wildman–Crippen MR) is 171 cm³/mol. The lowest BCUT2D eigenvalue weighted by Crippen LogP contribution is -2.14. The molecule has 0 amide bonds. The molecular formula is C31H34ClN6O2P. The van der Waals surface area contributed by atoms with Crippen molar-refractivity contribution in [1.29, 1.82) is 0 Å². The fraction of sp³-hybridized carbons (Fsp3) is 0.258. The highest BCUT2D eigenvalue weighted by atomic mass is 35.5. The lowest BCUT2D eigenvalue weighted by Gasteiger charge is -2.25. The fourth-order valence-corrected chi connectivity index (χ4v) is 6.60. The van der Waals surface area contributed by atoms with Crippen LogP contribution in [0.5, 0.6) is 5.75 Å². The Kier molecular flexibility index (Phi) is 7.58. The number of benzene rings is 3. The summed E-state index contributed by atoms with van der Waals surface area (Å²) in [5.74, 6) is 1.38. The van der Waals surface area contributed by atoms with E-state index in [9.17, 15) is 4.57 Å². The number of aryl methyl sites for hydroxylation is 1. The Labute approximate surface area is 245 Å².